The lowest BCUT2D eigenvalue weighted by Gasteiger charge is -2.39. The Bertz CT molecular complexity index is 465. The van der Waals surface area contributed by atoms with Crippen LogP contribution in [0.15, 0.2) is 18.3 Å². The molecular weight excluding hydrogens is 279 g/mol. The summed E-state index contributed by atoms with van der Waals surface area (Å²) in [6, 6.07) is 2.91. The van der Waals surface area contributed by atoms with E-state index in [-0.39, 0.29) is 6.04 Å². The predicted octanol–water partition coefficient (Wildman–Crippen LogP) is 3.41. The summed E-state index contributed by atoms with van der Waals surface area (Å²) in [5.74, 6) is 0.396. The van der Waals surface area contributed by atoms with E-state index in [0.717, 1.165) is 38.1 Å². The van der Waals surface area contributed by atoms with Crippen LogP contribution in [0.1, 0.15) is 32.3 Å². The summed E-state index contributed by atoms with van der Waals surface area (Å²) in [5, 5.41) is 0. The molecule has 2 heterocycles. The van der Waals surface area contributed by atoms with Crippen molar-refractivity contribution >= 4 is 5.82 Å². The van der Waals surface area contributed by atoms with Crippen molar-refractivity contribution < 1.29 is 13.2 Å². The lowest BCUT2D eigenvalue weighted by atomic mass is 10.0. The van der Waals surface area contributed by atoms with Crippen LogP contribution < -0.4 is 4.90 Å². The van der Waals surface area contributed by atoms with Gasteiger partial charge in [0.1, 0.15) is 5.82 Å². The lowest BCUT2D eigenvalue weighted by Crippen LogP contribution is -2.46. The first-order valence-electron chi connectivity index (χ1n) is 7.29. The molecular formula is C15H22F3N3. The summed E-state index contributed by atoms with van der Waals surface area (Å²) in [6.45, 7) is 6.29. The van der Waals surface area contributed by atoms with E-state index in [1.54, 1.807) is 0 Å². The Morgan fingerprint density at radius 3 is 2.43 bits per heavy atom. The zero-order chi connectivity index (χ0) is 15.6. The Morgan fingerprint density at radius 1 is 1.29 bits per heavy atom. The fourth-order valence-corrected chi connectivity index (χ4v) is 2.76. The molecule has 1 aliphatic heterocycles. The normalized spacial score (nSPS) is 18.2. The van der Waals surface area contributed by atoms with Crippen LogP contribution >= 0.6 is 0 Å². The molecule has 21 heavy (non-hydrogen) atoms. The van der Waals surface area contributed by atoms with Crippen molar-refractivity contribution in [3.63, 3.8) is 0 Å². The highest BCUT2D eigenvalue weighted by Gasteiger charge is 2.32. The Kier molecular flexibility index (Phi) is 4.76. The number of nitrogens with zero attached hydrogens (tertiary/aromatic N) is 3. The van der Waals surface area contributed by atoms with E-state index in [0.29, 0.717) is 11.9 Å². The number of rotatable bonds is 3. The van der Waals surface area contributed by atoms with Gasteiger partial charge >= 0.3 is 6.18 Å². The van der Waals surface area contributed by atoms with Crippen molar-refractivity contribution in [3.8, 4) is 0 Å². The average Bonchev–Trinajstić information content (AvgIpc) is 2.46. The second kappa shape index (κ2) is 6.22. The van der Waals surface area contributed by atoms with E-state index in [1.807, 2.05) is 11.9 Å². The quantitative estimate of drug-likeness (QED) is 0.853. The van der Waals surface area contributed by atoms with Gasteiger partial charge in [-0.15, -0.1) is 0 Å². The van der Waals surface area contributed by atoms with E-state index in [2.05, 4.69) is 23.7 Å². The molecule has 0 saturated carbocycles. The third-order valence-electron chi connectivity index (χ3n) is 4.21. The first-order valence-corrected chi connectivity index (χ1v) is 7.29. The smallest absolute Gasteiger partial charge is 0.357 e. The fourth-order valence-electron chi connectivity index (χ4n) is 2.76. The zero-order valence-corrected chi connectivity index (χ0v) is 12.7. The van der Waals surface area contributed by atoms with Crippen LogP contribution in [0.4, 0.5) is 19.0 Å². The minimum absolute atomic E-state index is 0.246. The highest BCUT2D eigenvalue weighted by atomic mass is 19.4. The molecule has 1 aromatic heterocycles. The molecule has 0 aliphatic carbocycles. The summed E-state index contributed by atoms with van der Waals surface area (Å²) in [6.07, 6.45) is -1.18. The highest BCUT2D eigenvalue weighted by molar-refractivity contribution is 5.42. The van der Waals surface area contributed by atoms with E-state index in [9.17, 15) is 13.2 Å². The van der Waals surface area contributed by atoms with Crippen LogP contribution in [0, 0.1) is 0 Å². The Hall–Kier alpha value is -1.30. The molecule has 0 aromatic carbocycles. The standard InChI is InChI=1S/C15H22F3N3/c1-11(2)21-8-5-13(6-9-21)20(3)14-10-12(4-7-19-14)15(16,17)18/h4,7,10-11,13H,5-6,8-9H2,1-3H3. The molecule has 0 atom stereocenters. The second-order valence-electron chi connectivity index (χ2n) is 5.87. The van der Waals surface area contributed by atoms with Gasteiger partial charge in [0.15, 0.2) is 0 Å². The summed E-state index contributed by atoms with van der Waals surface area (Å²) >= 11 is 0. The SMILES string of the molecule is CC(C)N1CCC(N(C)c2cc(C(F)(F)F)ccn2)CC1. The number of likely N-dealkylation sites (tertiary alicyclic amines) is 1. The molecule has 0 spiro atoms. The molecule has 6 heteroatoms. The number of hydrogen-bond acceptors (Lipinski definition) is 3. The topological polar surface area (TPSA) is 19.4 Å². The van der Waals surface area contributed by atoms with Crippen LogP contribution in [0.2, 0.25) is 0 Å². The first kappa shape index (κ1) is 16.1. The van der Waals surface area contributed by atoms with Gasteiger partial charge in [-0.1, -0.05) is 0 Å². The molecule has 0 unspecified atom stereocenters. The minimum Gasteiger partial charge on any atom is -0.357 e. The number of hydrogen-bond donors (Lipinski definition) is 0. The van der Waals surface area contributed by atoms with Gasteiger partial charge in [0, 0.05) is 38.4 Å². The maximum atomic E-state index is 12.8. The molecule has 0 amide bonds. The maximum absolute atomic E-state index is 12.8. The van der Waals surface area contributed by atoms with Gasteiger partial charge in [-0.3, -0.25) is 0 Å². The average molecular weight is 301 g/mol. The van der Waals surface area contributed by atoms with E-state index < -0.39 is 11.7 Å². The van der Waals surface area contributed by atoms with Crippen LogP contribution in [-0.2, 0) is 6.18 Å². The summed E-state index contributed by atoms with van der Waals surface area (Å²) in [5.41, 5.74) is -0.640. The molecule has 3 nitrogen and oxygen atoms in total. The summed E-state index contributed by atoms with van der Waals surface area (Å²) in [4.78, 5) is 8.37. The van der Waals surface area contributed by atoms with Gasteiger partial charge in [0.25, 0.3) is 0 Å². The molecule has 0 bridgehead atoms. The lowest BCUT2D eigenvalue weighted by molar-refractivity contribution is -0.137. The van der Waals surface area contributed by atoms with Crippen LogP contribution in [-0.4, -0.2) is 42.1 Å². The summed E-state index contributed by atoms with van der Waals surface area (Å²) in [7, 11) is 1.83. The largest absolute Gasteiger partial charge is 0.416 e. The number of piperidine rings is 1. The van der Waals surface area contributed by atoms with Gasteiger partial charge in [-0.05, 0) is 38.8 Å². The second-order valence-corrected chi connectivity index (χ2v) is 5.87. The number of aromatic nitrogens is 1. The van der Waals surface area contributed by atoms with E-state index >= 15 is 0 Å². The van der Waals surface area contributed by atoms with Crippen molar-refractivity contribution in [2.45, 2.75) is 44.9 Å². The third kappa shape index (κ3) is 3.87. The Labute approximate surface area is 123 Å². The van der Waals surface area contributed by atoms with Crippen LogP contribution in [0.3, 0.4) is 0 Å². The van der Waals surface area contributed by atoms with Crippen molar-refractivity contribution in [1.82, 2.24) is 9.88 Å². The maximum Gasteiger partial charge on any atom is 0.416 e. The Balaban J connectivity index is 2.06. The molecule has 118 valence electrons. The highest BCUT2D eigenvalue weighted by Crippen LogP contribution is 2.31. The monoisotopic (exact) mass is 301 g/mol. The molecule has 0 radical (unpaired) electrons. The molecule has 1 saturated heterocycles. The molecule has 0 N–H and O–H groups in total. The van der Waals surface area contributed by atoms with Gasteiger partial charge in [0.05, 0.1) is 5.56 Å². The van der Waals surface area contributed by atoms with E-state index in [1.165, 1.54) is 6.20 Å². The van der Waals surface area contributed by atoms with Gasteiger partial charge < -0.3 is 9.80 Å². The van der Waals surface area contributed by atoms with Crippen molar-refractivity contribution in [1.29, 1.82) is 0 Å². The molecule has 2 rings (SSSR count). The number of halogens is 3. The van der Waals surface area contributed by atoms with Crippen molar-refractivity contribution in [2.75, 3.05) is 25.0 Å². The van der Waals surface area contributed by atoms with Crippen LogP contribution in [0.5, 0.6) is 0 Å². The first-order chi connectivity index (χ1) is 9.79. The molecule has 1 fully saturated rings. The van der Waals surface area contributed by atoms with Gasteiger partial charge in [-0.2, -0.15) is 13.2 Å². The van der Waals surface area contributed by atoms with Crippen molar-refractivity contribution in [2.24, 2.45) is 0 Å². The van der Waals surface area contributed by atoms with Gasteiger partial charge in [-0.25, -0.2) is 4.98 Å². The molecule has 1 aromatic rings. The van der Waals surface area contributed by atoms with E-state index in [4.69, 9.17) is 0 Å². The zero-order valence-electron chi connectivity index (χ0n) is 12.7. The van der Waals surface area contributed by atoms with Crippen LogP contribution in [0.25, 0.3) is 0 Å². The fraction of sp³-hybridized carbons (Fsp3) is 0.667. The summed E-state index contributed by atoms with van der Waals surface area (Å²) < 4.78 is 38.3. The Morgan fingerprint density at radius 2 is 1.90 bits per heavy atom. The number of anilines is 1. The number of pyridine rings is 1. The molecule has 1 aliphatic rings. The van der Waals surface area contributed by atoms with Gasteiger partial charge in [0.2, 0.25) is 0 Å². The van der Waals surface area contributed by atoms with Crippen molar-refractivity contribution in [3.05, 3.63) is 23.9 Å². The number of alkyl halides is 3. The third-order valence-corrected chi connectivity index (χ3v) is 4.21. The predicted molar refractivity (Wildman–Crippen MR) is 77.4 cm³/mol. The minimum atomic E-state index is -4.32.